The third-order valence-electron chi connectivity index (χ3n) is 13.9. The summed E-state index contributed by atoms with van der Waals surface area (Å²) in [7, 11) is 0. The monoisotopic (exact) mass is 879 g/mol. The summed E-state index contributed by atoms with van der Waals surface area (Å²) in [6.07, 6.45) is 0. The minimum atomic E-state index is 0.688. The Morgan fingerprint density at radius 3 is 0.928 bits per heavy atom. The zero-order valence-electron chi connectivity index (χ0n) is 37.4. The van der Waals surface area contributed by atoms with Crippen LogP contribution in [0.5, 0.6) is 0 Å². The van der Waals surface area contributed by atoms with Crippen molar-refractivity contribution in [2.45, 2.75) is 0 Å². The Hall–Kier alpha value is -9.32. The fraction of sp³-hybridized carbons (Fsp3) is 0. The van der Waals surface area contributed by atoms with Gasteiger partial charge in [0.05, 0.1) is 44.5 Å². The van der Waals surface area contributed by atoms with Gasteiger partial charge in [0.1, 0.15) is 0 Å². The number of hydrogen-bond donors (Lipinski definition) is 0. The number of para-hydroxylation sites is 6. The molecule has 0 amide bonds. The Kier molecular flexibility index (Phi) is 8.83. The molecule has 5 heteroatoms. The zero-order chi connectivity index (χ0) is 45.4. The molecule has 0 radical (unpaired) electrons. The van der Waals surface area contributed by atoms with Crippen molar-refractivity contribution in [1.82, 2.24) is 23.7 Å². The van der Waals surface area contributed by atoms with Crippen molar-refractivity contribution in [1.29, 1.82) is 0 Å². The Morgan fingerprint density at radius 1 is 0.217 bits per heavy atom. The summed E-state index contributed by atoms with van der Waals surface area (Å²) >= 11 is 0. The maximum atomic E-state index is 5.22. The highest BCUT2D eigenvalue weighted by Gasteiger charge is 2.19. The maximum absolute atomic E-state index is 5.22. The summed E-state index contributed by atoms with van der Waals surface area (Å²) in [5.74, 6) is 0.688. The number of rotatable bonds is 7. The highest BCUT2D eigenvalue weighted by Crippen LogP contribution is 2.39. The molecule has 322 valence electrons. The summed E-state index contributed by atoms with van der Waals surface area (Å²) in [6.45, 7) is 0. The molecule has 0 saturated carbocycles. The van der Waals surface area contributed by atoms with Gasteiger partial charge in [0.15, 0.2) is 5.82 Å². The lowest BCUT2D eigenvalue weighted by atomic mass is 10.00. The van der Waals surface area contributed by atoms with Crippen LogP contribution in [0.2, 0.25) is 0 Å². The molecule has 0 aliphatic carbocycles. The first kappa shape index (κ1) is 38.9. The van der Waals surface area contributed by atoms with E-state index >= 15 is 0 Å². The van der Waals surface area contributed by atoms with Gasteiger partial charge in [-0.1, -0.05) is 176 Å². The van der Waals surface area contributed by atoms with Crippen molar-refractivity contribution < 1.29 is 0 Å². The van der Waals surface area contributed by atoms with Crippen molar-refractivity contribution in [3.05, 3.63) is 249 Å². The minimum absolute atomic E-state index is 0.688. The molecule has 0 saturated heterocycles. The molecule has 0 bridgehead atoms. The van der Waals surface area contributed by atoms with Gasteiger partial charge in [-0.3, -0.25) is 0 Å². The van der Waals surface area contributed by atoms with Gasteiger partial charge in [-0.05, 0) is 83.9 Å². The van der Waals surface area contributed by atoms with Crippen LogP contribution in [0.25, 0.3) is 128 Å². The summed E-state index contributed by atoms with van der Waals surface area (Å²) in [6, 6.07) is 89.3. The number of fused-ring (bicyclic) bond motifs is 9. The van der Waals surface area contributed by atoms with Gasteiger partial charge < -0.3 is 13.7 Å². The highest BCUT2D eigenvalue weighted by atomic mass is 15.0. The van der Waals surface area contributed by atoms with E-state index < -0.39 is 0 Å². The van der Waals surface area contributed by atoms with E-state index in [1.54, 1.807) is 0 Å². The standard InChI is InChI=1S/C64H41N5/c1-2-16-45(17-3-1)64-65-56(41-57(66-64)44-34-36-47(37-35-44)67-58-24-10-4-18-50(58)51-19-5-11-25-59(51)67)43-32-30-42(31-33-43)46-38-48(68-60-26-12-6-20-52(60)53-21-7-13-27-61(53)68)40-49(39-46)69-62-28-14-8-22-54(62)55-23-9-15-29-63(55)69/h1-41H. The van der Waals surface area contributed by atoms with Gasteiger partial charge in [-0.25, -0.2) is 9.97 Å². The van der Waals surface area contributed by atoms with E-state index in [2.05, 4.69) is 244 Å². The summed E-state index contributed by atoms with van der Waals surface area (Å²) in [5.41, 5.74) is 17.4. The fourth-order valence-electron chi connectivity index (χ4n) is 10.7. The average Bonchev–Trinajstić information content (AvgIpc) is 4.07. The van der Waals surface area contributed by atoms with Crippen LogP contribution in [0.3, 0.4) is 0 Å². The molecule has 10 aromatic carbocycles. The van der Waals surface area contributed by atoms with Crippen molar-refractivity contribution in [2.75, 3.05) is 0 Å². The van der Waals surface area contributed by atoms with E-state index in [9.17, 15) is 0 Å². The predicted molar refractivity (Wildman–Crippen MR) is 287 cm³/mol. The van der Waals surface area contributed by atoms with E-state index in [4.69, 9.17) is 9.97 Å². The van der Waals surface area contributed by atoms with E-state index in [0.29, 0.717) is 5.82 Å². The minimum Gasteiger partial charge on any atom is -0.309 e. The van der Waals surface area contributed by atoms with Crippen molar-refractivity contribution in [3.63, 3.8) is 0 Å². The van der Waals surface area contributed by atoms with Crippen LogP contribution in [0.1, 0.15) is 0 Å². The lowest BCUT2D eigenvalue weighted by molar-refractivity contribution is 1.13. The van der Waals surface area contributed by atoms with Crippen LogP contribution in [0.4, 0.5) is 0 Å². The third-order valence-corrected chi connectivity index (χ3v) is 13.9. The molecular weight excluding hydrogens is 839 g/mol. The quantitative estimate of drug-likeness (QED) is 0.160. The molecule has 0 spiro atoms. The van der Waals surface area contributed by atoms with E-state index in [-0.39, 0.29) is 0 Å². The predicted octanol–water partition coefficient (Wildman–Crippen LogP) is 16.4. The summed E-state index contributed by atoms with van der Waals surface area (Å²) in [5, 5.41) is 7.43. The average molecular weight is 880 g/mol. The van der Waals surface area contributed by atoms with Gasteiger partial charge >= 0.3 is 0 Å². The topological polar surface area (TPSA) is 40.6 Å². The van der Waals surface area contributed by atoms with Crippen molar-refractivity contribution in [3.8, 4) is 62.1 Å². The molecule has 69 heavy (non-hydrogen) atoms. The van der Waals surface area contributed by atoms with E-state index in [1.165, 1.54) is 65.4 Å². The molecule has 14 rings (SSSR count). The van der Waals surface area contributed by atoms with Gasteiger partial charge in [-0.15, -0.1) is 0 Å². The molecule has 4 heterocycles. The smallest absolute Gasteiger partial charge is 0.160 e. The first-order chi connectivity index (χ1) is 34.2. The molecule has 0 N–H and O–H groups in total. The highest BCUT2D eigenvalue weighted by molar-refractivity contribution is 6.11. The van der Waals surface area contributed by atoms with E-state index in [0.717, 1.165) is 56.3 Å². The molecule has 0 fully saturated rings. The molecule has 0 unspecified atom stereocenters. The van der Waals surface area contributed by atoms with Crippen LogP contribution >= 0.6 is 0 Å². The number of hydrogen-bond acceptors (Lipinski definition) is 2. The Labute approximate surface area is 398 Å². The van der Waals surface area contributed by atoms with Gasteiger partial charge in [0.2, 0.25) is 0 Å². The largest absolute Gasteiger partial charge is 0.309 e. The first-order valence-corrected chi connectivity index (χ1v) is 23.5. The maximum Gasteiger partial charge on any atom is 0.160 e. The normalized spacial score (nSPS) is 11.8. The second-order valence-corrected chi connectivity index (χ2v) is 17.8. The summed E-state index contributed by atoms with van der Waals surface area (Å²) in [4.78, 5) is 10.4. The zero-order valence-corrected chi connectivity index (χ0v) is 37.4. The fourth-order valence-corrected chi connectivity index (χ4v) is 10.7. The van der Waals surface area contributed by atoms with Gasteiger partial charge in [0, 0.05) is 66.1 Å². The van der Waals surface area contributed by atoms with Crippen LogP contribution in [-0.2, 0) is 0 Å². The van der Waals surface area contributed by atoms with Crippen LogP contribution in [-0.4, -0.2) is 23.7 Å². The second-order valence-electron chi connectivity index (χ2n) is 17.8. The molecule has 5 nitrogen and oxygen atoms in total. The summed E-state index contributed by atoms with van der Waals surface area (Å²) < 4.78 is 7.19. The van der Waals surface area contributed by atoms with Crippen molar-refractivity contribution >= 4 is 65.4 Å². The molecule has 0 aliphatic rings. The molecular formula is C64H41N5. The molecule has 14 aromatic rings. The third kappa shape index (κ3) is 6.32. The van der Waals surface area contributed by atoms with Gasteiger partial charge in [-0.2, -0.15) is 0 Å². The lowest BCUT2D eigenvalue weighted by Crippen LogP contribution is -2.00. The lowest BCUT2D eigenvalue weighted by Gasteiger charge is -2.16. The second kappa shape index (κ2) is 15.7. The van der Waals surface area contributed by atoms with Gasteiger partial charge in [0.25, 0.3) is 0 Å². The van der Waals surface area contributed by atoms with E-state index in [1.807, 2.05) is 18.2 Å². The number of benzene rings is 10. The van der Waals surface area contributed by atoms with Crippen LogP contribution in [0.15, 0.2) is 249 Å². The Balaban J connectivity index is 0.904. The number of aromatic nitrogens is 5. The van der Waals surface area contributed by atoms with Crippen LogP contribution in [0, 0.1) is 0 Å². The SMILES string of the molecule is c1ccc(-c2nc(-c3ccc(-c4cc(-n5c6ccccc6c6ccccc65)cc(-n5c6ccccc6c6ccccc65)c4)cc3)cc(-c3ccc(-n4c5ccccc5c5ccccc54)cc3)n2)cc1. The molecule has 0 atom stereocenters. The Bertz CT molecular complexity index is 4000. The number of nitrogens with zero attached hydrogens (tertiary/aromatic N) is 5. The Morgan fingerprint density at radius 2 is 0.536 bits per heavy atom. The van der Waals surface area contributed by atoms with Crippen LogP contribution < -0.4 is 0 Å². The molecule has 0 aliphatic heterocycles. The first-order valence-electron chi connectivity index (χ1n) is 23.5. The van der Waals surface area contributed by atoms with Crippen molar-refractivity contribution in [2.24, 2.45) is 0 Å². The molecule has 4 aromatic heterocycles.